The molecule has 1 aliphatic carbocycles. The third-order valence-corrected chi connectivity index (χ3v) is 3.80. The normalized spacial score (nSPS) is 21.6. The van der Waals surface area contributed by atoms with Gasteiger partial charge in [0.1, 0.15) is 5.82 Å². The van der Waals surface area contributed by atoms with Crippen LogP contribution >= 0.6 is 0 Å². The van der Waals surface area contributed by atoms with Crippen molar-refractivity contribution >= 4 is 5.97 Å². The highest BCUT2D eigenvalue weighted by Gasteiger charge is 2.32. The van der Waals surface area contributed by atoms with Crippen molar-refractivity contribution in [3.63, 3.8) is 0 Å². The van der Waals surface area contributed by atoms with Gasteiger partial charge in [0.15, 0.2) is 0 Å². The molecule has 1 aromatic rings. The molecule has 20 heavy (non-hydrogen) atoms. The molecule has 2 N–H and O–H groups in total. The van der Waals surface area contributed by atoms with Gasteiger partial charge in [0.05, 0.1) is 17.6 Å². The molecule has 0 saturated heterocycles. The van der Waals surface area contributed by atoms with E-state index in [4.69, 9.17) is 10.4 Å². The largest absolute Gasteiger partial charge is 0.481 e. The van der Waals surface area contributed by atoms with E-state index in [1.54, 1.807) is 6.07 Å². The van der Waals surface area contributed by atoms with Gasteiger partial charge in [-0.1, -0.05) is 6.42 Å². The zero-order chi connectivity index (χ0) is 14.5. The highest BCUT2D eigenvalue weighted by atomic mass is 19.1. The summed E-state index contributed by atoms with van der Waals surface area (Å²) in [5.74, 6) is -1.29. The van der Waals surface area contributed by atoms with E-state index in [2.05, 4.69) is 5.32 Å². The summed E-state index contributed by atoms with van der Waals surface area (Å²) < 4.78 is 13.3. The van der Waals surface area contributed by atoms with Crippen LogP contribution in [0.5, 0.6) is 0 Å². The third kappa shape index (κ3) is 3.55. The van der Waals surface area contributed by atoms with Crippen LogP contribution in [0.15, 0.2) is 18.2 Å². The number of benzene rings is 1. The predicted molar refractivity (Wildman–Crippen MR) is 71.3 cm³/mol. The standard InChI is InChI=1S/C15H17FN2O2/c16-13-5-10(7-17)4-11(6-13)8-18-9-12-2-1-3-14(12)15(19)20/h4-6,12,14,18H,1-3,8-9H2,(H,19,20). The summed E-state index contributed by atoms with van der Waals surface area (Å²) in [7, 11) is 0. The molecule has 0 heterocycles. The molecule has 0 radical (unpaired) electrons. The molecule has 0 spiro atoms. The van der Waals surface area contributed by atoms with Gasteiger partial charge < -0.3 is 10.4 Å². The van der Waals surface area contributed by atoms with Crippen molar-refractivity contribution in [1.29, 1.82) is 5.26 Å². The second-order valence-corrected chi connectivity index (χ2v) is 5.23. The molecule has 106 valence electrons. The average molecular weight is 276 g/mol. The first-order chi connectivity index (χ1) is 9.60. The minimum absolute atomic E-state index is 0.136. The molecule has 0 aliphatic heterocycles. The Morgan fingerprint density at radius 1 is 1.45 bits per heavy atom. The van der Waals surface area contributed by atoms with Crippen molar-refractivity contribution in [3.8, 4) is 6.07 Å². The molecule has 5 heteroatoms. The van der Waals surface area contributed by atoms with Gasteiger partial charge in [-0.2, -0.15) is 5.26 Å². The van der Waals surface area contributed by atoms with Crippen molar-refractivity contribution < 1.29 is 14.3 Å². The van der Waals surface area contributed by atoms with Gasteiger partial charge in [-0.25, -0.2) is 4.39 Å². The minimum Gasteiger partial charge on any atom is -0.481 e. The maximum absolute atomic E-state index is 13.3. The van der Waals surface area contributed by atoms with Crippen LogP contribution in [0.4, 0.5) is 4.39 Å². The fraction of sp³-hybridized carbons (Fsp3) is 0.467. The van der Waals surface area contributed by atoms with E-state index in [1.165, 1.54) is 12.1 Å². The average Bonchev–Trinajstić information content (AvgIpc) is 2.86. The van der Waals surface area contributed by atoms with Crippen molar-refractivity contribution in [2.24, 2.45) is 11.8 Å². The lowest BCUT2D eigenvalue weighted by atomic mass is 9.96. The Kier molecular flexibility index (Phi) is 4.70. The second kappa shape index (κ2) is 6.49. The first kappa shape index (κ1) is 14.5. The molecule has 4 nitrogen and oxygen atoms in total. The zero-order valence-electron chi connectivity index (χ0n) is 11.1. The number of halogens is 1. The molecule has 0 aromatic heterocycles. The minimum atomic E-state index is -0.730. The molecule has 1 aliphatic rings. The summed E-state index contributed by atoms with van der Waals surface area (Å²) in [6.45, 7) is 1.05. The molecule has 2 rings (SSSR count). The number of nitriles is 1. The topological polar surface area (TPSA) is 73.1 Å². The van der Waals surface area contributed by atoms with E-state index >= 15 is 0 Å². The molecule has 2 unspecified atom stereocenters. The monoisotopic (exact) mass is 276 g/mol. The smallest absolute Gasteiger partial charge is 0.306 e. The Labute approximate surface area is 117 Å². The first-order valence-electron chi connectivity index (χ1n) is 6.73. The van der Waals surface area contributed by atoms with Crippen molar-refractivity contribution in [1.82, 2.24) is 5.32 Å². The highest BCUT2D eigenvalue weighted by molar-refractivity contribution is 5.70. The van der Waals surface area contributed by atoms with E-state index in [1.807, 2.05) is 6.07 Å². The van der Waals surface area contributed by atoms with E-state index in [9.17, 15) is 9.18 Å². The highest BCUT2D eigenvalue weighted by Crippen LogP contribution is 2.31. The Morgan fingerprint density at radius 2 is 2.25 bits per heavy atom. The fourth-order valence-electron chi connectivity index (χ4n) is 2.83. The molecule has 0 amide bonds. The fourth-order valence-corrected chi connectivity index (χ4v) is 2.83. The SMILES string of the molecule is N#Cc1cc(F)cc(CNCC2CCCC2C(=O)O)c1. The van der Waals surface area contributed by atoms with Crippen LogP contribution in [0.2, 0.25) is 0 Å². The summed E-state index contributed by atoms with van der Waals surface area (Å²) in [6.07, 6.45) is 2.60. The lowest BCUT2D eigenvalue weighted by Crippen LogP contribution is -2.28. The van der Waals surface area contributed by atoms with Gasteiger partial charge in [-0.15, -0.1) is 0 Å². The quantitative estimate of drug-likeness (QED) is 0.865. The Morgan fingerprint density at radius 3 is 2.95 bits per heavy atom. The number of rotatable bonds is 5. The predicted octanol–water partition coefficient (Wildman–Crippen LogP) is 2.29. The van der Waals surface area contributed by atoms with Crippen LogP contribution in [0.25, 0.3) is 0 Å². The van der Waals surface area contributed by atoms with Crippen molar-refractivity contribution in [3.05, 3.63) is 35.1 Å². The number of aliphatic carboxylic acids is 1. The van der Waals surface area contributed by atoms with Crippen LogP contribution < -0.4 is 5.32 Å². The third-order valence-electron chi connectivity index (χ3n) is 3.80. The Bertz CT molecular complexity index is 539. The van der Waals surface area contributed by atoms with Crippen LogP contribution in [-0.4, -0.2) is 17.6 Å². The lowest BCUT2D eigenvalue weighted by Gasteiger charge is -2.16. The number of nitrogens with zero attached hydrogens (tertiary/aromatic N) is 1. The molecule has 2 atom stereocenters. The molecule has 1 aromatic carbocycles. The summed E-state index contributed by atoms with van der Waals surface area (Å²) in [5, 5.41) is 21.0. The number of hydrogen-bond donors (Lipinski definition) is 2. The van der Waals surface area contributed by atoms with Gasteiger partial charge in [-0.3, -0.25) is 4.79 Å². The Hall–Kier alpha value is -1.93. The van der Waals surface area contributed by atoms with E-state index in [-0.39, 0.29) is 11.8 Å². The van der Waals surface area contributed by atoms with Gasteiger partial charge >= 0.3 is 5.97 Å². The summed E-state index contributed by atoms with van der Waals surface area (Å²) in [5.41, 5.74) is 0.998. The summed E-state index contributed by atoms with van der Waals surface area (Å²) >= 11 is 0. The van der Waals surface area contributed by atoms with Crippen LogP contribution in [0.3, 0.4) is 0 Å². The van der Waals surface area contributed by atoms with Crippen LogP contribution in [0, 0.1) is 29.0 Å². The second-order valence-electron chi connectivity index (χ2n) is 5.23. The van der Waals surface area contributed by atoms with Gasteiger partial charge in [-0.05, 0) is 49.1 Å². The summed E-state index contributed by atoms with van der Waals surface area (Å²) in [6, 6.07) is 6.14. The molecule has 1 saturated carbocycles. The van der Waals surface area contributed by atoms with E-state index < -0.39 is 11.8 Å². The number of carboxylic acid groups (broad SMARTS) is 1. The maximum Gasteiger partial charge on any atom is 0.306 e. The first-order valence-corrected chi connectivity index (χ1v) is 6.73. The van der Waals surface area contributed by atoms with Crippen LogP contribution in [-0.2, 0) is 11.3 Å². The zero-order valence-corrected chi connectivity index (χ0v) is 11.1. The lowest BCUT2D eigenvalue weighted by molar-refractivity contribution is -0.142. The molecule has 1 fully saturated rings. The molecule has 0 bridgehead atoms. The summed E-state index contributed by atoms with van der Waals surface area (Å²) in [4.78, 5) is 11.1. The van der Waals surface area contributed by atoms with Crippen molar-refractivity contribution in [2.75, 3.05) is 6.54 Å². The Balaban J connectivity index is 1.88. The van der Waals surface area contributed by atoms with E-state index in [0.29, 0.717) is 24.2 Å². The number of carboxylic acids is 1. The maximum atomic E-state index is 13.3. The van der Waals surface area contributed by atoms with Crippen molar-refractivity contribution in [2.45, 2.75) is 25.8 Å². The molecular formula is C15H17FN2O2. The van der Waals surface area contributed by atoms with Gasteiger partial charge in [0.2, 0.25) is 0 Å². The van der Waals surface area contributed by atoms with Crippen LogP contribution in [0.1, 0.15) is 30.4 Å². The number of hydrogen-bond acceptors (Lipinski definition) is 3. The van der Waals surface area contributed by atoms with Gasteiger partial charge in [0.25, 0.3) is 0 Å². The molecular weight excluding hydrogens is 259 g/mol. The number of nitrogens with one attached hydrogen (secondary N) is 1. The number of carbonyl (C=O) groups is 1. The van der Waals surface area contributed by atoms with E-state index in [0.717, 1.165) is 19.3 Å². The van der Waals surface area contributed by atoms with Gasteiger partial charge in [0, 0.05) is 6.54 Å².